The van der Waals surface area contributed by atoms with Crippen LogP contribution in [0.4, 0.5) is 0 Å². The molecule has 0 aromatic carbocycles. The van der Waals surface area contributed by atoms with E-state index in [0.717, 1.165) is 5.56 Å². The van der Waals surface area contributed by atoms with E-state index in [4.69, 9.17) is 0 Å². The lowest BCUT2D eigenvalue weighted by Gasteiger charge is -1.85. The third-order valence-corrected chi connectivity index (χ3v) is 1.10. The molecule has 2 nitrogen and oxygen atoms in total. The van der Waals surface area contributed by atoms with Gasteiger partial charge in [-0.3, -0.25) is 0 Å². The summed E-state index contributed by atoms with van der Waals surface area (Å²) in [5, 5.41) is 0. The van der Waals surface area contributed by atoms with Gasteiger partial charge in [0, 0.05) is 18.0 Å². The highest BCUT2D eigenvalue weighted by molar-refractivity contribution is 9.11. The third kappa shape index (κ3) is 1.93. The lowest BCUT2D eigenvalue weighted by molar-refractivity contribution is 1.16. The van der Waals surface area contributed by atoms with Crippen molar-refractivity contribution >= 4 is 22.0 Å². The smallest absolute Gasteiger partial charge is 0.115 e. The Bertz CT molecular complexity index is 195. The normalized spacial score (nSPS) is 10.3. The average molecular weight is 185 g/mol. The predicted molar refractivity (Wildman–Crippen MR) is 40.0 cm³/mol. The van der Waals surface area contributed by atoms with Crippen LogP contribution < -0.4 is 0 Å². The van der Waals surface area contributed by atoms with Crippen molar-refractivity contribution in [2.24, 2.45) is 0 Å². The highest BCUT2D eigenvalue weighted by Gasteiger charge is 1.80. The van der Waals surface area contributed by atoms with Gasteiger partial charge in [-0.1, -0.05) is 15.9 Å². The van der Waals surface area contributed by atoms with Crippen LogP contribution in [0.5, 0.6) is 0 Å². The maximum absolute atomic E-state index is 3.82. The first-order valence-electron chi connectivity index (χ1n) is 2.45. The molecule has 1 rings (SSSR count). The van der Waals surface area contributed by atoms with Crippen LogP contribution >= 0.6 is 15.9 Å². The van der Waals surface area contributed by atoms with Crippen molar-refractivity contribution in [3.05, 3.63) is 29.3 Å². The van der Waals surface area contributed by atoms with Crippen molar-refractivity contribution in [1.82, 2.24) is 9.97 Å². The van der Waals surface area contributed by atoms with E-state index in [1.807, 2.05) is 6.08 Å². The van der Waals surface area contributed by atoms with Crippen molar-refractivity contribution in [1.29, 1.82) is 0 Å². The molecule has 0 spiro atoms. The van der Waals surface area contributed by atoms with E-state index in [2.05, 4.69) is 25.9 Å². The molecule has 46 valence electrons. The molecule has 1 aromatic heterocycles. The Morgan fingerprint density at radius 3 is 2.56 bits per heavy atom. The van der Waals surface area contributed by atoms with Gasteiger partial charge in [-0.05, 0) is 11.1 Å². The van der Waals surface area contributed by atoms with Gasteiger partial charge in [0.05, 0.1) is 0 Å². The molecule has 0 atom stereocenters. The monoisotopic (exact) mass is 184 g/mol. The van der Waals surface area contributed by atoms with Gasteiger partial charge in [0.1, 0.15) is 6.33 Å². The molecule has 0 saturated carbocycles. The van der Waals surface area contributed by atoms with Gasteiger partial charge >= 0.3 is 0 Å². The van der Waals surface area contributed by atoms with Gasteiger partial charge in [-0.25, -0.2) is 9.97 Å². The summed E-state index contributed by atoms with van der Waals surface area (Å²) in [5.41, 5.74) is 0.995. The zero-order valence-corrected chi connectivity index (χ0v) is 6.25. The van der Waals surface area contributed by atoms with E-state index in [1.54, 1.807) is 17.4 Å². The third-order valence-electron chi connectivity index (χ3n) is 0.836. The number of nitrogens with zero attached hydrogens (tertiary/aromatic N) is 2. The Kier molecular flexibility index (Phi) is 2.39. The predicted octanol–water partition coefficient (Wildman–Crippen LogP) is 1.84. The lowest BCUT2D eigenvalue weighted by Crippen LogP contribution is -1.76. The van der Waals surface area contributed by atoms with Gasteiger partial charge in [0.2, 0.25) is 0 Å². The summed E-state index contributed by atoms with van der Waals surface area (Å²) < 4.78 is 0. The maximum Gasteiger partial charge on any atom is 0.115 e. The van der Waals surface area contributed by atoms with E-state index in [0.29, 0.717) is 0 Å². The quantitative estimate of drug-likeness (QED) is 0.666. The molecule has 9 heavy (non-hydrogen) atoms. The molecule has 1 heterocycles. The Balaban J connectivity index is 2.85. The Labute approximate surface area is 61.8 Å². The molecule has 3 heteroatoms. The second kappa shape index (κ2) is 3.35. The van der Waals surface area contributed by atoms with E-state index in [-0.39, 0.29) is 0 Å². The van der Waals surface area contributed by atoms with Crippen LogP contribution in [0.2, 0.25) is 0 Å². The largest absolute Gasteiger partial charge is 0.244 e. The van der Waals surface area contributed by atoms with E-state index in [9.17, 15) is 0 Å². The molecular weight excluding hydrogens is 180 g/mol. The minimum atomic E-state index is 0.995. The number of hydrogen-bond acceptors (Lipinski definition) is 2. The number of halogens is 1. The van der Waals surface area contributed by atoms with E-state index >= 15 is 0 Å². The summed E-state index contributed by atoms with van der Waals surface area (Å²) in [4.78, 5) is 9.41. The second-order valence-electron chi connectivity index (χ2n) is 1.46. The molecule has 0 radical (unpaired) electrons. The second-order valence-corrected chi connectivity index (χ2v) is 1.99. The standard InChI is InChI=1S/C6H5BrN2/c7-2-1-6-3-8-5-9-4-6/h1-5H. The zero-order valence-electron chi connectivity index (χ0n) is 4.66. The molecule has 0 aliphatic rings. The van der Waals surface area contributed by atoms with Crippen molar-refractivity contribution in [2.75, 3.05) is 0 Å². The summed E-state index contributed by atoms with van der Waals surface area (Å²) in [7, 11) is 0. The Morgan fingerprint density at radius 1 is 1.33 bits per heavy atom. The summed E-state index contributed by atoms with van der Waals surface area (Å²) >= 11 is 3.15. The molecule has 0 aliphatic carbocycles. The topological polar surface area (TPSA) is 25.8 Å². The number of aromatic nitrogens is 2. The molecule has 0 bridgehead atoms. The molecule has 0 amide bonds. The fraction of sp³-hybridized carbons (Fsp3) is 0. The van der Waals surface area contributed by atoms with E-state index in [1.165, 1.54) is 6.33 Å². The highest BCUT2D eigenvalue weighted by Crippen LogP contribution is 1.97. The van der Waals surface area contributed by atoms with Crippen LogP contribution in [0.3, 0.4) is 0 Å². The van der Waals surface area contributed by atoms with Crippen LogP contribution in [0.15, 0.2) is 23.7 Å². The van der Waals surface area contributed by atoms with Crippen LogP contribution in [-0.4, -0.2) is 9.97 Å². The van der Waals surface area contributed by atoms with Crippen molar-refractivity contribution < 1.29 is 0 Å². The van der Waals surface area contributed by atoms with Crippen molar-refractivity contribution in [2.45, 2.75) is 0 Å². The Hall–Kier alpha value is -0.700. The minimum Gasteiger partial charge on any atom is -0.244 e. The molecule has 0 saturated heterocycles. The minimum absolute atomic E-state index is 0.995. The highest BCUT2D eigenvalue weighted by atomic mass is 79.9. The first-order chi connectivity index (χ1) is 4.43. The van der Waals surface area contributed by atoms with Gasteiger partial charge in [0.25, 0.3) is 0 Å². The summed E-state index contributed by atoms with van der Waals surface area (Å²) in [6.07, 6.45) is 6.86. The first kappa shape index (κ1) is 6.42. The van der Waals surface area contributed by atoms with Crippen molar-refractivity contribution in [3.63, 3.8) is 0 Å². The van der Waals surface area contributed by atoms with Crippen LogP contribution in [-0.2, 0) is 0 Å². The number of rotatable bonds is 1. The van der Waals surface area contributed by atoms with Crippen LogP contribution in [0, 0.1) is 0 Å². The summed E-state index contributed by atoms with van der Waals surface area (Å²) in [6, 6.07) is 0. The summed E-state index contributed by atoms with van der Waals surface area (Å²) in [5.74, 6) is 0. The molecule has 0 fully saturated rings. The molecule has 0 unspecified atom stereocenters. The van der Waals surface area contributed by atoms with E-state index < -0.39 is 0 Å². The molecule has 1 aromatic rings. The SMILES string of the molecule is BrC=Cc1cncnc1. The molecule has 0 aliphatic heterocycles. The Morgan fingerprint density at radius 2 is 2.00 bits per heavy atom. The van der Waals surface area contributed by atoms with Gasteiger partial charge in [-0.15, -0.1) is 0 Å². The van der Waals surface area contributed by atoms with Crippen LogP contribution in [0.25, 0.3) is 6.08 Å². The van der Waals surface area contributed by atoms with Gasteiger partial charge in [-0.2, -0.15) is 0 Å². The lowest BCUT2D eigenvalue weighted by atomic mass is 10.3. The fourth-order valence-corrected chi connectivity index (χ4v) is 0.775. The van der Waals surface area contributed by atoms with Crippen molar-refractivity contribution in [3.8, 4) is 0 Å². The average Bonchev–Trinajstić information content (AvgIpc) is 1.91. The van der Waals surface area contributed by atoms with Crippen LogP contribution in [0.1, 0.15) is 5.56 Å². The van der Waals surface area contributed by atoms with Gasteiger partial charge in [0.15, 0.2) is 0 Å². The van der Waals surface area contributed by atoms with Gasteiger partial charge < -0.3 is 0 Å². The first-order valence-corrected chi connectivity index (χ1v) is 3.37. The summed E-state index contributed by atoms with van der Waals surface area (Å²) in [6.45, 7) is 0. The zero-order chi connectivity index (χ0) is 6.53. The fourth-order valence-electron chi connectivity index (χ4n) is 0.469. The maximum atomic E-state index is 3.82. The molecular formula is C6H5BrN2. The molecule has 0 N–H and O–H groups in total. The number of hydrogen-bond donors (Lipinski definition) is 0.